The number of anilines is 1. The summed E-state index contributed by atoms with van der Waals surface area (Å²) in [5.74, 6) is 0.355. The lowest BCUT2D eigenvalue weighted by atomic mass is 10.1. The van der Waals surface area contributed by atoms with Crippen LogP contribution in [0.1, 0.15) is 21.6 Å². The average Bonchev–Trinajstić information content (AvgIpc) is 3.10. The lowest BCUT2D eigenvalue weighted by Crippen LogP contribution is -2.14. The predicted octanol–water partition coefficient (Wildman–Crippen LogP) is 3.91. The monoisotopic (exact) mass is 304 g/mol. The van der Waals surface area contributed by atoms with Crippen LogP contribution in [0.4, 0.5) is 5.82 Å². The quantitative estimate of drug-likeness (QED) is 0.525. The van der Waals surface area contributed by atoms with Crippen molar-refractivity contribution >= 4 is 33.5 Å². The minimum absolute atomic E-state index is 0.186. The predicted molar refractivity (Wildman–Crippen MR) is 91.8 cm³/mol. The van der Waals surface area contributed by atoms with Gasteiger partial charge >= 0.3 is 0 Å². The Balaban J connectivity index is 1.73. The molecule has 0 spiro atoms. The molecule has 0 fully saturated rings. The Bertz CT molecular complexity index is 1040. The van der Waals surface area contributed by atoms with E-state index in [-0.39, 0.29) is 5.91 Å². The Morgan fingerprint density at radius 2 is 1.87 bits per heavy atom. The highest BCUT2D eigenvalue weighted by Gasteiger charge is 2.17. The lowest BCUT2D eigenvalue weighted by Gasteiger charge is -2.02. The molecule has 0 radical (unpaired) electrons. The summed E-state index contributed by atoms with van der Waals surface area (Å²) < 4.78 is 0. The average molecular weight is 304 g/mol. The number of benzene rings is 2. The molecule has 0 saturated heterocycles. The Labute approximate surface area is 132 Å². The van der Waals surface area contributed by atoms with Crippen molar-refractivity contribution in [3.8, 4) is 0 Å². The first kappa shape index (κ1) is 13.6. The molecule has 23 heavy (non-hydrogen) atoms. The molecule has 0 aliphatic carbocycles. The maximum absolute atomic E-state index is 12.6. The third-order valence-electron chi connectivity index (χ3n) is 4.14. The maximum Gasteiger partial charge on any atom is 0.273 e. The number of carbonyl (C=O) groups is 1. The second-order valence-electron chi connectivity index (χ2n) is 5.75. The molecule has 0 aliphatic heterocycles. The fraction of sp³-hybridized carbons (Fsp3) is 0.111. The minimum atomic E-state index is -0.186. The number of nitrogens with zero attached hydrogens (tertiary/aromatic N) is 1. The Morgan fingerprint density at radius 1 is 1.04 bits per heavy atom. The van der Waals surface area contributed by atoms with Crippen molar-refractivity contribution in [1.29, 1.82) is 0 Å². The second kappa shape index (κ2) is 4.98. The molecule has 5 heteroatoms. The zero-order valence-corrected chi connectivity index (χ0v) is 12.9. The summed E-state index contributed by atoms with van der Waals surface area (Å²) in [5.41, 5.74) is 4.54. The van der Waals surface area contributed by atoms with Crippen LogP contribution in [0, 0.1) is 13.8 Å². The van der Waals surface area contributed by atoms with Crippen LogP contribution in [0.15, 0.2) is 42.5 Å². The van der Waals surface area contributed by atoms with Gasteiger partial charge in [-0.2, -0.15) is 5.10 Å². The van der Waals surface area contributed by atoms with Crippen LogP contribution in [0.25, 0.3) is 21.8 Å². The number of amides is 1. The number of fused-ring (bicyclic) bond motifs is 2. The number of aromatic nitrogens is 3. The van der Waals surface area contributed by atoms with Crippen LogP contribution in [-0.2, 0) is 0 Å². The van der Waals surface area contributed by atoms with Gasteiger partial charge < -0.3 is 10.3 Å². The number of H-pyrrole nitrogens is 2. The first-order valence-electron chi connectivity index (χ1n) is 7.47. The van der Waals surface area contributed by atoms with Gasteiger partial charge in [0.25, 0.3) is 5.91 Å². The number of aryl methyl sites for hydroxylation is 2. The molecule has 5 nitrogen and oxygen atoms in total. The van der Waals surface area contributed by atoms with Crippen molar-refractivity contribution in [2.75, 3.05) is 5.32 Å². The van der Waals surface area contributed by atoms with Crippen molar-refractivity contribution in [2.45, 2.75) is 13.8 Å². The smallest absolute Gasteiger partial charge is 0.273 e. The van der Waals surface area contributed by atoms with E-state index in [1.807, 2.05) is 50.2 Å². The van der Waals surface area contributed by atoms with E-state index in [1.54, 1.807) is 0 Å². The topological polar surface area (TPSA) is 73.6 Å². The number of carbonyl (C=O) groups excluding carboxylic acids is 1. The number of hydrogen-bond acceptors (Lipinski definition) is 2. The largest absolute Gasteiger partial charge is 0.350 e. The van der Waals surface area contributed by atoms with Gasteiger partial charge in [0.15, 0.2) is 5.82 Å². The summed E-state index contributed by atoms with van der Waals surface area (Å²) in [4.78, 5) is 15.8. The highest BCUT2D eigenvalue weighted by atomic mass is 16.2. The number of hydrogen-bond donors (Lipinski definition) is 3. The summed E-state index contributed by atoms with van der Waals surface area (Å²) in [6.45, 7) is 4.00. The SMILES string of the molecule is Cc1ccc2[nH]c(C(=O)Nc3n[nH]c4ccccc34)c(C)c2c1. The third-order valence-corrected chi connectivity index (χ3v) is 4.14. The van der Waals surface area contributed by atoms with Crippen molar-refractivity contribution in [1.82, 2.24) is 15.2 Å². The van der Waals surface area contributed by atoms with E-state index >= 15 is 0 Å². The van der Waals surface area contributed by atoms with Gasteiger partial charge in [0.2, 0.25) is 0 Å². The summed E-state index contributed by atoms with van der Waals surface area (Å²) in [7, 11) is 0. The fourth-order valence-electron chi connectivity index (χ4n) is 2.90. The van der Waals surface area contributed by atoms with Gasteiger partial charge in [-0.3, -0.25) is 9.89 Å². The van der Waals surface area contributed by atoms with E-state index in [0.717, 1.165) is 27.4 Å². The molecule has 1 amide bonds. The van der Waals surface area contributed by atoms with Gasteiger partial charge in [0.05, 0.1) is 5.52 Å². The van der Waals surface area contributed by atoms with E-state index in [4.69, 9.17) is 0 Å². The molecule has 2 aromatic carbocycles. The van der Waals surface area contributed by atoms with Crippen LogP contribution in [-0.4, -0.2) is 21.1 Å². The molecule has 4 aromatic rings. The molecule has 114 valence electrons. The van der Waals surface area contributed by atoms with E-state index < -0.39 is 0 Å². The van der Waals surface area contributed by atoms with E-state index in [1.165, 1.54) is 5.56 Å². The first-order valence-corrected chi connectivity index (χ1v) is 7.47. The molecule has 0 aliphatic rings. The van der Waals surface area contributed by atoms with E-state index in [2.05, 4.69) is 26.6 Å². The zero-order valence-electron chi connectivity index (χ0n) is 12.9. The molecular weight excluding hydrogens is 288 g/mol. The van der Waals surface area contributed by atoms with Crippen molar-refractivity contribution in [3.05, 3.63) is 59.3 Å². The maximum atomic E-state index is 12.6. The lowest BCUT2D eigenvalue weighted by molar-refractivity contribution is 0.102. The number of aromatic amines is 2. The molecule has 0 bridgehead atoms. The molecule has 2 aromatic heterocycles. The molecule has 0 unspecified atom stereocenters. The third kappa shape index (κ3) is 2.17. The van der Waals surface area contributed by atoms with Crippen molar-refractivity contribution in [2.24, 2.45) is 0 Å². The van der Waals surface area contributed by atoms with Gasteiger partial charge in [-0.25, -0.2) is 0 Å². The second-order valence-corrected chi connectivity index (χ2v) is 5.75. The highest BCUT2D eigenvalue weighted by Crippen LogP contribution is 2.25. The number of para-hydroxylation sites is 1. The normalized spacial score (nSPS) is 11.2. The molecular formula is C18H16N4O. The first-order chi connectivity index (χ1) is 11.1. The van der Waals surface area contributed by atoms with E-state index in [9.17, 15) is 4.79 Å². The summed E-state index contributed by atoms with van der Waals surface area (Å²) >= 11 is 0. The van der Waals surface area contributed by atoms with Crippen molar-refractivity contribution in [3.63, 3.8) is 0 Å². The zero-order chi connectivity index (χ0) is 16.0. The van der Waals surface area contributed by atoms with Gasteiger partial charge in [0, 0.05) is 16.3 Å². The number of rotatable bonds is 2. The molecule has 0 atom stereocenters. The van der Waals surface area contributed by atoms with Gasteiger partial charge in [-0.1, -0.05) is 23.8 Å². The number of nitrogens with one attached hydrogen (secondary N) is 3. The van der Waals surface area contributed by atoms with Crippen molar-refractivity contribution < 1.29 is 4.79 Å². The summed E-state index contributed by atoms with van der Waals surface area (Å²) in [6.07, 6.45) is 0. The standard InChI is InChI=1S/C18H16N4O/c1-10-7-8-14-13(9-10)11(2)16(19-14)18(23)20-17-12-5-3-4-6-15(12)21-22-17/h3-9,19H,1-2H3,(H2,20,21,22,23). The van der Waals surface area contributed by atoms with Crippen LogP contribution in [0.2, 0.25) is 0 Å². The van der Waals surface area contributed by atoms with Crippen LogP contribution in [0.5, 0.6) is 0 Å². The molecule has 4 rings (SSSR count). The fourth-order valence-corrected chi connectivity index (χ4v) is 2.90. The highest BCUT2D eigenvalue weighted by molar-refractivity contribution is 6.10. The van der Waals surface area contributed by atoms with Crippen LogP contribution < -0.4 is 5.32 Å². The Kier molecular flexibility index (Phi) is 2.94. The Hall–Kier alpha value is -3.08. The summed E-state index contributed by atoms with van der Waals surface area (Å²) in [5, 5.41) is 12.0. The van der Waals surface area contributed by atoms with Gasteiger partial charge in [-0.15, -0.1) is 0 Å². The Morgan fingerprint density at radius 3 is 2.74 bits per heavy atom. The molecule has 2 heterocycles. The minimum Gasteiger partial charge on any atom is -0.350 e. The van der Waals surface area contributed by atoms with Gasteiger partial charge in [0.1, 0.15) is 5.69 Å². The summed E-state index contributed by atoms with van der Waals surface area (Å²) in [6, 6.07) is 13.8. The molecule has 0 saturated carbocycles. The van der Waals surface area contributed by atoms with Gasteiger partial charge in [-0.05, 0) is 43.7 Å². The van der Waals surface area contributed by atoms with Crippen LogP contribution in [0.3, 0.4) is 0 Å². The van der Waals surface area contributed by atoms with E-state index in [0.29, 0.717) is 11.5 Å². The molecule has 3 N–H and O–H groups in total. The van der Waals surface area contributed by atoms with Crippen LogP contribution >= 0.6 is 0 Å².